The first kappa shape index (κ1) is 11.3. The van der Waals surface area contributed by atoms with Gasteiger partial charge in [-0.25, -0.2) is 0 Å². The van der Waals surface area contributed by atoms with Crippen LogP contribution in [0.3, 0.4) is 0 Å². The van der Waals surface area contributed by atoms with Crippen molar-refractivity contribution in [2.24, 2.45) is 0 Å². The summed E-state index contributed by atoms with van der Waals surface area (Å²) in [6.45, 7) is 2.06. The minimum absolute atomic E-state index is 0.349. The van der Waals surface area contributed by atoms with E-state index < -0.39 is 0 Å². The van der Waals surface area contributed by atoms with Crippen molar-refractivity contribution in [3.05, 3.63) is 52.0 Å². The Morgan fingerprint density at radius 1 is 1.38 bits per heavy atom. The average molecular weight is 233 g/mol. The van der Waals surface area contributed by atoms with Crippen molar-refractivity contribution < 1.29 is 5.11 Å². The number of thiophene rings is 1. The van der Waals surface area contributed by atoms with Crippen LogP contribution >= 0.6 is 11.3 Å². The van der Waals surface area contributed by atoms with Crippen LogP contribution in [-0.4, -0.2) is 10.1 Å². The van der Waals surface area contributed by atoms with Crippen LogP contribution in [0, 0.1) is 6.92 Å². The van der Waals surface area contributed by atoms with Crippen LogP contribution < -0.4 is 0 Å². The molecule has 16 heavy (non-hydrogen) atoms. The number of hydrogen-bond donors (Lipinski definition) is 1. The Labute approximate surface area is 99.6 Å². The Morgan fingerprint density at radius 3 is 2.75 bits per heavy atom. The van der Waals surface area contributed by atoms with Crippen molar-refractivity contribution in [3.63, 3.8) is 0 Å². The van der Waals surface area contributed by atoms with Gasteiger partial charge in [0, 0.05) is 17.3 Å². The smallest absolute Gasteiger partial charge is 0.0801 e. The number of rotatable bonds is 4. The lowest BCUT2D eigenvalue weighted by molar-refractivity contribution is 0.168. The normalized spacial score (nSPS) is 12.6. The van der Waals surface area contributed by atoms with Gasteiger partial charge in [0.15, 0.2) is 0 Å². The molecule has 0 aliphatic heterocycles. The highest BCUT2D eigenvalue weighted by Crippen LogP contribution is 2.23. The minimum Gasteiger partial charge on any atom is -0.388 e. The first-order chi connectivity index (χ1) is 7.75. The molecule has 0 radical (unpaired) electrons. The lowest BCUT2D eigenvalue weighted by atomic mass is 10.0. The highest BCUT2D eigenvalue weighted by atomic mass is 32.1. The summed E-state index contributed by atoms with van der Waals surface area (Å²) >= 11 is 1.68. The predicted molar refractivity (Wildman–Crippen MR) is 66.6 cm³/mol. The molecule has 0 saturated heterocycles. The largest absolute Gasteiger partial charge is 0.388 e. The Hall–Kier alpha value is -1.19. The predicted octanol–water partition coefficient (Wildman–Crippen LogP) is 3.12. The molecule has 1 N–H and O–H groups in total. The molecule has 84 valence electrons. The van der Waals surface area contributed by atoms with Crippen molar-refractivity contribution in [2.45, 2.75) is 25.9 Å². The molecule has 2 nitrogen and oxygen atoms in total. The van der Waals surface area contributed by atoms with Crippen LogP contribution in [0.4, 0.5) is 0 Å². The van der Waals surface area contributed by atoms with Crippen molar-refractivity contribution >= 4 is 11.3 Å². The molecular weight excluding hydrogens is 218 g/mol. The molecular formula is C13H15NOS. The topological polar surface area (TPSA) is 33.1 Å². The molecule has 1 atom stereocenters. The molecule has 0 fully saturated rings. The molecule has 0 amide bonds. The van der Waals surface area contributed by atoms with Crippen LogP contribution in [-0.2, 0) is 6.42 Å². The Morgan fingerprint density at radius 2 is 2.12 bits per heavy atom. The van der Waals surface area contributed by atoms with E-state index in [1.165, 1.54) is 10.4 Å². The van der Waals surface area contributed by atoms with E-state index >= 15 is 0 Å². The highest BCUT2D eigenvalue weighted by molar-refractivity contribution is 7.10. The summed E-state index contributed by atoms with van der Waals surface area (Å²) in [6, 6.07) is 6.04. The molecule has 0 saturated carbocycles. The maximum Gasteiger partial charge on any atom is 0.0801 e. The fourth-order valence-electron chi connectivity index (χ4n) is 1.66. The summed E-state index contributed by atoms with van der Waals surface area (Å²) in [4.78, 5) is 5.22. The second-order valence-corrected chi connectivity index (χ2v) is 5.02. The van der Waals surface area contributed by atoms with E-state index in [0.717, 1.165) is 18.4 Å². The third-order valence-corrected chi connectivity index (χ3v) is 3.47. The number of aliphatic hydroxyl groups is 1. The van der Waals surface area contributed by atoms with Gasteiger partial charge in [-0.1, -0.05) is 0 Å². The third-order valence-electron chi connectivity index (χ3n) is 2.59. The summed E-state index contributed by atoms with van der Waals surface area (Å²) in [6.07, 6.45) is 4.88. The Balaban J connectivity index is 1.91. The van der Waals surface area contributed by atoms with Crippen LogP contribution in [0.2, 0.25) is 0 Å². The van der Waals surface area contributed by atoms with Crippen molar-refractivity contribution in [1.29, 1.82) is 0 Å². The number of aryl methyl sites for hydroxylation is 2. The van der Waals surface area contributed by atoms with Crippen molar-refractivity contribution in [2.75, 3.05) is 0 Å². The molecule has 0 aliphatic carbocycles. The van der Waals surface area contributed by atoms with Crippen LogP contribution in [0.25, 0.3) is 0 Å². The van der Waals surface area contributed by atoms with Crippen molar-refractivity contribution in [1.82, 2.24) is 4.98 Å². The lowest BCUT2D eigenvalue weighted by Crippen LogP contribution is -1.98. The fraction of sp³-hybridized carbons (Fsp3) is 0.308. The third kappa shape index (κ3) is 2.90. The summed E-state index contributed by atoms with van der Waals surface area (Å²) < 4.78 is 0. The molecule has 0 aliphatic rings. The quantitative estimate of drug-likeness (QED) is 0.880. The van der Waals surface area contributed by atoms with Crippen LogP contribution in [0.5, 0.6) is 0 Å². The van der Waals surface area contributed by atoms with Crippen LogP contribution in [0.15, 0.2) is 36.0 Å². The first-order valence-electron chi connectivity index (χ1n) is 5.37. The van der Waals surface area contributed by atoms with E-state index in [4.69, 9.17) is 0 Å². The maximum atomic E-state index is 9.99. The van der Waals surface area contributed by atoms with Gasteiger partial charge in [-0.2, -0.15) is 0 Å². The van der Waals surface area contributed by atoms with E-state index in [9.17, 15) is 5.11 Å². The molecule has 2 rings (SSSR count). The second kappa shape index (κ2) is 5.23. The summed E-state index contributed by atoms with van der Waals surface area (Å²) in [5.74, 6) is 0. The number of aliphatic hydroxyl groups excluding tert-OH is 1. The summed E-state index contributed by atoms with van der Waals surface area (Å²) in [5.41, 5.74) is 2.26. The van der Waals surface area contributed by atoms with E-state index in [1.807, 2.05) is 17.5 Å². The number of nitrogens with zero attached hydrogens (tertiary/aromatic N) is 1. The monoisotopic (exact) mass is 233 g/mol. The van der Waals surface area contributed by atoms with Gasteiger partial charge in [0.2, 0.25) is 0 Å². The lowest BCUT2D eigenvalue weighted by Gasteiger charge is -2.08. The second-order valence-electron chi connectivity index (χ2n) is 3.90. The number of hydrogen-bond acceptors (Lipinski definition) is 3. The molecule has 2 heterocycles. The standard InChI is InChI=1S/C13H15NOS/c1-10-8-12(9-16-10)13(15)3-2-11-4-6-14-7-5-11/h4-9,13,15H,2-3H2,1H3. The average Bonchev–Trinajstić information content (AvgIpc) is 2.74. The molecule has 0 spiro atoms. The van der Waals surface area contributed by atoms with E-state index in [2.05, 4.69) is 18.0 Å². The number of aromatic nitrogens is 1. The van der Waals surface area contributed by atoms with E-state index in [-0.39, 0.29) is 6.10 Å². The first-order valence-corrected chi connectivity index (χ1v) is 6.25. The van der Waals surface area contributed by atoms with Crippen molar-refractivity contribution in [3.8, 4) is 0 Å². The van der Waals surface area contributed by atoms with Gasteiger partial charge in [0.25, 0.3) is 0 Å². The fourth-order valence-corrected chi connectivity index (χ4v) is 2.41. The SMILES string of the molecule is Cc1cc(C(O)CCc2ccncc2)cs1. The zero-order valence-corrected chi connectivity index (χ0v) is 10.1. The van der Waals surface area contributed by atoms with E-state index in [0.29, 0.717) is 0 Å². The Kier molecular flexibility index (Phi) is 3.70. The zero-order valence-electron chi connectivity index (χ0n) is 9.26. The van der Waals surface area contributed by atoms with Gasteiger partial charge in [0.05, 0.1) is 6.10 Å². The summed E-state index contributed by atoms with van der Waals surface area (Å²) in [5, 5.41) is 12.0. The van der Waals surface area contributed by atoms with Gasteiger partial charge in [-0.15, -0.1) is 11.3 Å². The molecule has 0 aromatic carbocycles. The molecule has 1 unspecified atom stereocenters. The molecule has 2 aromatic rings. The van der Waals surface area contributed by atoms with Gasteiger partial charge < -0.3 is 5.11 Å². The van der Waals surface area contributed by atoms with Crippen LogP contribution in [0.1, 0.15) is 28.5 Å². The Bertz CT molecular complexity index is 438. The van der Waals surface area contributed by atoms with E-state index in [1.54, 1.807) is 23.7 Å². The molecule has 3 heteroatoms. The van der Waals surface area contributed by atoms with Gasteiger partial charge in [-0.05, 0) is 54.5 Å². The molecule has 2 aromatic heterocycles. The molecule has 0 bridgehead atoms. The highest BCUT2D eigenvalue weighted by Gasteiger charge is 2.08. The van der Waals surface area contributed by atoms with Gasteiger partial charge >= 0.3 is 0 Å². The summed E-state index contributed by atoms with van der Waals surface area (Å²) in [7, 11) is 0. The minimum atomic E-state index is -0.349. The maximum absolute atomic E-state index is 9.99. The van der Waals surface area contributed by atoms with Gasteiger partial charge in [-0.3, -0.25) is 4.98 Å². The zero-order chi connectivity index (χ0) is 11.4. The van der Waals surface area contributed by atoms with Gasteiger partial charge in [0.1, 0.15) is 0 Å². The number of pyridine rings is 1.